The van der Waals surface area contributed by atoms with Crippen LogP contribution >= 0.6 is 11.6 Å². The Bertz CT molecular complexity index is 1310. The molecule has 37 heavy (non-hydrogen) atoms. The number of piperidine rings is 1. The van der Waals surface area contributed by atoms with Gasteiger partial charge in [0.05, 0.1) is 37.7 Å². The van der Waals surface area contributed by atoms with Crippen LogP contribution < -0.4 is 4.90 Å². The molecule has 5 rings (SSSR count). The maximum absolute atomic E-state index is 12.3. The number of carbonyl (C=O) groups is 2. The molecule has 1 saturated heterocycles. The Balaban J connectivity index is 1.56. The quantitative estimate of drug-likeness (QED) is 0.437. The molecule has 0 bridgehead atoms. The number of ether oxygens (including phenoxy) is 2. The van der Waals surface area contributed by atoms with Crippen LogP contribution in [0.3, 0.4) is 0 Å². The van der Waals surface area contributed by atoms with E-state index in [4.69, 9.17) is 26.1 Å². The molecule has 2 aromatic carbocycles. The van der Waals surface area contributed by atoms with Crippen LogP contribution in [-0.4, -0.2) is 60.4 Å². The number of fused-ring (bicyclic) bond motifs is 3. The molecule has 9 heteroatoms. The monoisotopic (exact) mass is 524 g/mol. The van der Waals surface area contributed by atoms with E-state index in [1.54, 1.807) is 4.90 Å². The second kappa shape index (κ2) is 10.6. The summed E-state index contributed by atoms with van der Waals surface area (Å²) in [5.74, 6) is 0.666. The molecule has 2 aliphatic heterocycles. The molecule has 1 amide bonds. The maximum atomic E-state index is 12.3. The molecule has 0 spiro atoms. The van der Waals surface area contributed by atoms with Crippen LogP contribution in [0, 0.1) is 5.92 Å². The molecule has 0 aliphatic carbocycles. The van der Waals surface area contributed by atoms with E-state index in [1.165, 1.54) is 19.8 Å². The highest BCUT2D eigenvalue weighted by molar-refractivity contribution is 6.31. The summed E-state index contributed by atoms with van der Waals surface area (Å²) in [7, 11) is 2.87. The highest BCUT2D eigenvalue weighted by Gasteiger charge is 2.31. The predicted octanol–water partition coefficient (Wildman–Crippen LogP) is 5.01. The van der Waals surface area contributed by atoms with Crippen LogP contribution in [-0.2, 0) is 33.7 Å². The van der Waals surface area contributed by atoms with Crippen molar-refractivity contribution in [2.75, 3.05) is 38.8 Å². The fraction of sp³-hybridized carbons (Fsp3) is 0.464. The van der Waals surface area contributed by atoms with Crippen LogP contribution in [0.2, 0.25) is 5.02 Å². The number of methoxy groups -OCH3 is 2. The number of hydrogen-bond acceptors (Lipinski definition) is 6. The summed E-state index contributed by atoms with van der Waals surface area (Å²) < 4.78 is 12.3. The first-order valence-corrected chi connectivity index (χ1v) is 13.2. The molecule has 0 N–H and O–H groups in total. The molecule has 0 saturated carbocycles. The SMILES string of the molecule is COC(=O)C1CCN(c2nc3c4c(ccc3n2C(C)Cc2ccccc2Cl)CCN(C(=O)OC)C4)CC1. The van der Waals surface area contributed by atoms with Crippen LogP contribution in [0.1, 0.15) is 42.5 Å². The molecule has 1 fully saturated rings. The van der Waals surface area contributed by atoms with Crippen molar-refractivity contribution >= 4 is 40.6 Å². The Morgan fingerprint density at radius 2 is 1.84 bits per heavy atom. The summed E-state index contributed by atoms with van der Waals surface area (Å²) in [6.07, 6.45) is 2.65. The van der Waals surface area contributed by atoms with Crippen LogP contribution in [0.15, 0.2) is 36.4 Å². The van der Waals surface area contributed by atoms with Crippen molar-refractivity contribution in [2.24, 2.45) is 5.92 Å². The van der Waals surface area contributed by atoms with Gasteiger partial charge in [-0.05, 0) is 55.9 Å². The summed E-state index contributed by atoms with van der Waals surface area (Å²) in [6, 6.07) is 12.3. The lowest BCUT2D eigenvalue weighted by molar-refractivity contribution is -0.146. The predicted molar refractivity (Wildman–Crippen MR) is 143 cm³/mol. The van der Waals surface area contributed by atoms with E-state index < -0.39 is 0 Å². The molecule has 1 unspecified atom stereocenters. The molecule has 196 valence electrons. The van der Waals surface area contributed by atoms with Crippen molar-refractivity contribution in [1.29, 1.82) is 0 Å². The Morgan fingerprint density at radius 1 is 1.08 bits per heavy atom. The first-order chi connectivity index (χ1) is 17.9. The zero-order valence-electron chi connectivity index (χ0n) is 21.6. The van der Waals surface area contributed by atoms with Gasteiger partial charge in [-0.3, -0.25) is 4.79 Å². The molecule has 1 aromatic heterocycles. The highest BCUT2D eigenvalue weighted by atomic mass is 35.5. The smallest absolute Gasteiger partial charge is 0.409 e. The number of benzene rings is 2. The van der Waals surface area contributed by atoms with Gasteiger partial charge in [-0.15, -0.1) is 0 Å². The van der Waals surface area contributed by atoms with Gasteiger partial charge in [0.2, 0.25) is 5.95 Å². The average Bonchev–Trinajstić information content (AvgIpc) is 3.33. The number of amides is 1. The fourth-order valence-electron chi connectivity index (χ4n) is 5.68. The number of aromatic nitrogens is 2. The summed E-state index contributed by atoms with van der Waals surface area (Å²) in [4.78, 5) is 33.6. The molecule has 0 radical (unpaired) electrons. The Labute approximate surface area is 222 Å². The van der Waals surface area contributed by atoms with Gasteiger partial charge in [-0.2, -0.15) is 0 Å². The lowest BCUT2D eigenvalue weighted by Gasteiger charge is -2.33. The van der Waals surface area contributed by atoms with Gasteiger partial charge in [-0.1, -0.05) is 35.9 Å². The van der Waals surface area contributed by atoms with Crippen molar-refractivity contribution in [3.63, 3.8) is 0 Å². The van der Waals surface area contributed by atoms with Crippen LogP contribution in [0.25, 0.3) is 11.0 Å². The minimum atomic E-state index is -0.320. The summed E-state index contributed by atoms with van der Waals surface area (Å²) in [5, 5.41) is 0.755. The summed E-state index contributed by atoms with van der Waals surface area (Å²) in [6.45, 7) is 4.73. The maximum Gasteiger partial charge on any atom is 0.409 e. The van der Waals surface area contributed by atoms with Gasteiger partial charge in [0.1, 0.15) is 0 Å². The Kier molecular flexibility index (Phi) is 7.29. The minimum absolute atomic E-state index is 0.0802. The first kappa shape index (κ1) is 25.4. The number of hydrogen-bond donors (Lipinski definition) is 0. The van der Waals surface area contributed by atoms with Gasteiger partial charge in [0, 0.05) is 36.3 Å². The molecule has 8 nitrogen and oxygen atoms in total. The largest absolute Gasteiger partial charge is 0.469 e. The lowest BCUT2D eigenvalue weighted by atomic mass is 9.97. The second-order valence-electron chi connectivity index (χ2n) is 9.92. The van der Waals surface area contributed by atoms with Gasteiger partial charge in [-0.25, -0.2) is 9.78 Å². The van der Waals surface area contributed by atoms with Gasteiger partial charge in [0.25, 0.3) is 0 Å². The van der Waals surface area contributed by atoms with Crippen molar-refractivity contribution in [1.82, 2.24) is 14.5 Å². The van der Waals surface area contributed by atoms with E-state index in [2.05, 4.69) is 34.6 Å². The van der Waals surface area contributed by atoms with Gasteiger partial charge >= 0.3 is 12.1 Å². The van der Waals surface area contributed by atoms with Crippen molar-refractivity contribution < 1.29 is 19.1 Å². The molecular weight excluding hydrogens is 492 g/mol. The lowest BCUT2D eigenvalue weighted by Crippen LogP contribution is -2.38. The molecular formula is C28H33ClN4O4. The first-order valence-electron chi connectivity index (χ1n) is 12.8. The zero-order valence-corrected chi connectivity index (χ0v) is 22.3. The van der Waals surface area contributed by atoms with Gasteiger partial charge < -0.3 is 23.8 Å². The third kappa shape index (κ3) is 4.87. The number of anilines is 1. The zero-order chi connectivity index (χ0) is 26.1. The Hall–Kier alpha value is -3.26. The molecule has 2 aliphatic rings. The van der Waals surface area contributed by atoms with E-state index in [-0.39, 0.29) is 24.0 Å². The fourth-order valence-corrected chi connectivity index (χ4v) is 5.89. The summed E-state index contributed by atoms with van der Waals surface area (Å²) >= 11 is 6.52. The molecule has 3 aromatic rings. The third-order valence-corrected chi connectivity index (χ3v) is 8.07. The van der Waals surface area contributed by atoms with Gasteiger partial charge in [0.15, 0.2) is 0 Å². The molecule has 3 heterocycles. The third-order valence-electron chi connectivity index (χ3n) is 7.70. The second-order valence-corrected chi connectivity index (χ2v) is 10.3. The van der Waals surface area contributed by atoms with Crippen LogP contribution in [0.5, 0.6) is 0 Å². The number of rotatable bonds is 5. The minimum Gasteiger partial charge on any atom is -0.469 e. The topological polar surface area (TPSA) is 76.9 Å². The number of nitrogens with zero attached hydrogens (tertiary/aromatic N) is 4. The van der Waals surface area contributed by atoms with E-state index >= 15 is 0 Å². The number of carbonyl (C=O) groups excluding carboxylic acids is 2. The average molecular weight is 525 g/mol. The highest BCUT2D eigenvalue weighted by Crippen LogP contribution is 2.36. The van der Waals surface area contributed by atoms with E-state index in [1.807, 2.05) is 18.2 Å². The standard InChI is InChI=1S/C28H33ClN4O4/c1-18(16-21-6-4-5-7-23(21)29)33-24-9-8-19-10-15-32(28(35)37-3)17-22(19)25(24)30-27(33)31-13-11-20(12-14-31)26(34)36-2/h4-9,18,20H,10-17H2,1-3H3. The van der Waals surface area contributed by atoms with E-state index in [9.17, 15) is 9.59 Å². The Morgan fingerprint density at radius 3 is 2.54 bits per heavy atom. The normalized spacial score (nSPS) is 17.0. The number of imidazole rings is 1. The van der Waals surface area contributed by atoms with Crippen molar-refractivity contribution in [2.45, 2.75) is 45.2 Å². The number of halogens is 1. The van der Waals surface area contributed by atoms with Crippen LogP contribution in [0.4, 0.5) is 10.7 Å². The van der Waals surface area contributed by atoms with E-state index in [0.717, 1.165) is 71.9 Å². The molecule has 1 atom stereocenters. The number of esters is 1. The summed E-state index contributed by atoms with van der Waals surface area (Å²) in [5.41, 5.74) is 5.33. The van der Waals surface area contributed by atoms with Crippen molar-refractivity contribution in [3.05, 3.63) is 58.1 Å². The van der Waals surface area contributed by atoms with E-state index in [0.29, 0.717) is 13.1 Å². The van der Waals surface area contributed by atoms with Crippen molar-refractivity contribution in [3.8, 4) is 0 Å².